The predicted molar refractivity (Wildman–Crippen MR) is 44.5 cm³/mol. The molecule has 1 aromatic heterocycles. The summed E-state index contributed by atoms with van der Waals surface area (Å²) in [5.41, 5.74) is 5.49. The Kier molecular flexibility index (Phi) is 3.19. The molecule has 0 aliphatic rings. The minimum absolute atomic E-state index is 0.146. The first kappa shape index (κ1) is 9.15. The Labute approximate surface area is 71.5 Å². The Morgan fingerprint density at radius 2 is 2.50 bits per heavy atom. The first-order valence-electron chi connectivity index (χ1n) is 3.94. The lowest BCUT2D eigenvalue weighted by Crippen LogP contribution is -2.18. The van der Waals surface area contributed by atoms with Gasteiger partial charge in [0.1, 0.15) is 12.4 Å². The number of nitrogens with two attached hydrogens (primary N) is 1. The number of hydrogen-bond donors (Lipinski definition) is 1. The van der Waals surface area contributed by atoms with Crippen molar-refractivity contribution in [3.8, 4) is 0 Å². The third-order valence-corrected chi connectivity index (χ3v) is 1.77. The molecule has 0 bridgehead atoms. The van der Waals surface area contributed by atoms with Crippen molar-refractivity contribution in [1.82, 2.24) is 14.8 Å². The second-order valence-corrected chi connectivity index (χ2v) is 2.44. The van der Waals surface area contributed by atoms with Crippen LogP contribution >= 0.6 is 0 Å². The molecule has 0 radical (unpaired) electrons. The number of aromatic nitrogens is 3. The molecule has 1 rings (SSSR count). The molecule has 0 aliphatic heterocycles. The molecule has 0 saturated heterocycles. The molecule has 5 nitrogen and oxygen atoms in total. The van der Waals surface area contributed by atoms with E-state index >= 15 is 0 Å². The van der Waals surface area contributed by atoms with Crippen LogP contribution in [0, 0.1) is 0 Å². The molecule has 0 fully saturated rings. The fraction of sp³-hybridized carbons (Fsp3) is 0.714. The summed E-state index contributed by atoms with van der Waals surface area (Å²) in [5.74, 6) is 0.794. The van der Waals surface area contributed by atoms with Crippen LogP contribution in [0.4, 0.5) is 0 Å². The van der Waals surface area contributed by atoms with Crippen LogP contribution in [-0.2, 0) is 11.3 Å². The van der Waals surface area contributed by atoms with Crippen LogP contribution in [0.5, 0.6) is 0 Å². The quantitative estimate of drug-likeness (QED) is 0.687. The summed E-state index contributed by atoms with van der Waals surface area (Å²) in [7, 11) is 1.62. The van der Waals surface area contributed by atoms with E-state index in [9.17, 15) is 0 Å². The van der Waals surface area contributed by atoms with Crippen molar-refractivity contribution in [3.05, 3.63) is 12.2 Å². The van der Waals surface area contributed by atoms with Crippen molar-refractivity contribution < 1.29 is 4.74 Å². The summed E-state index contributed by atoms with van der Waals surface area (Å²) >= 11 is 0. The number of rotatable bonds is 4. The lowest BCUT2D eigenvalue weighted by atomic mass is 10.3. The highest BCUT2D eigenvalue weighted by Crippen LogP contribution is 2.11. The second kappa shape index (κ2) is 4.18. The largest absolute Gasteiger partial charge is 0.372 e. The van der Waals surface area contributed by atoms with Gasteiger partial charge in [-0.25, -0.2) is 0 Å². The second-order valence-electron chi connectivity index (χ2n) is 2.44. The molecule has 1 aromatic rings. The summed E-state index contributed by atoms with van der Waals surface area (Å²) in [5, 5.41) is 7.72. The van der Waals surface area contributed by atoms with E-state index in [1.54, 1.807) is 13.4 Å². The van der Waals surface area contributed by atoms with Gasteiger partial charge >= 0.3 is 0 Å². The van der Waals surface area contributed by atoms with Crippen molar-refractivity contribution in [2.24, 2.45) is 5.73 Å². The maximum atomic E-state index is 5.49. The van der Waals surface area contributed by atoms with Gasteiger partial charge in [-0.05, 0) is 6.92 Å². The molecule has 0 aliphatic carbocycles. The summed E-state index contributed by atoms with van der Waals surface area (Å²) < 4.78 is 7.06. The molecule has 12 heavy (non-hydrogen) atoms. The van der Waals surface area contributed by atoms with Crippen LogP contribution in [0.3, 0.4) is 0 Å². The highest BCUT2D eigenvalue weighted by molar-refractivity contribution is 4.92. The average molecular weight is 170 g/mol. The zero-order valence-corrected chi connectivity index (χ0v) is 7.40. The summed E-state index contributed by atoms with van der Waals surface area (Å²) in [6.45, 7) is 3.29. The van der Waals surface area contributed by atoms with Crippen LogP contribution in [0.25, 0.3) is 0 Å². The van der Waals surface area contributed by atoms with Crippen LogP contribution in [0.1, 0.15) is 18.9 Å². The van der Waals surface area contributed by atoms with Gasteiger partial charge in [0.05, 0.1) is 0 Å². The van der Waals surface area contributed by atoms with E-state index in [1.165, 1.54) is 0 Å². The molecule has 0 amide bonds. The third-order valence-electron chi connectivity index (χ3n) is 1.77. The van der Waals surface area contributed by atoms with E-state index in [2.05, 4.69) is 10.2 Å². The predicted octanol–water partition coefficient (Wildman–Crippen LogP) is -0.0558. The van der Waals surface area contributed by atoms with Crippen molar-refractivity contribution in [2.75, 3.05) is 13.7 Å². The molecular weight excluding hydrogens is 156 g/mol. The van der Waals surface area contributed by atoms with E-state index in [0.29, 0.717) is 6.54 Å². The Morgan fingerprint density at radius 1 is 1.75 bits per heavy atom. The fourth-order valence-electron chi connectivity index (χ4n) is 1.06. The van der Waals surface area contributed by atoms with Crippen LogP contribution in [0.2, 0.25) is 0 Å². The minimum atomic E-state index is -0.146. The molecule has 68 valence electrons. The topological polar surface area (TPSA) is 66.0 Å². The highest BCUT2D eigenvalue weighted by Gasteiger charge is 2.14. The van der Waals surface area contributed by atoms with Gasteiger partial charge in [-0.3, -0.25) is 0 Å². The number of methoxy groups -OCH3 is 1. The molecule has 5 heteroatoms. The number of nitrogens with zero attached hydrogens (tertiary/aromatic N) is 3. The number of aryl methyl sites for hydroxylation is 1. The van der Waals surface area contributed by atoms with E-state index < -0.39 is 0 Å². The minimum Gasteiger partial charge on any atom is -0.372 e. The maximum absolute atomic E-state index is 5.49. The summed E-state index contributed by atoms with van der Waals surface area (Å²) in [6.07, 6.45) is 1.53. The Bertz CT molecular complexity index is 231. The molecular formula is C7H14N4O. The standard InChI is InChI=1S/C7H14N4O/c1-3-11-5-9-10-7(11)6(4-8)12-2/h5-6H,3-4,8H2,1-2H3. The van der Waals surface area contributed by atoms with Gasteiger partial charge in [0.2, 0.25) is 0 Å². The average Bonchev–Trinajstić information content (AvgIpc) is 2.55. The first-order valence-corrected chi connectivity index (χ1v) is 3.94. The number of ether oxygens (including phenoxy) is 1. The third kappa shape index (κ3) is 1.62. The fourth-order valence-corrected chi connectivity index (χ4v) is 1.06. The SMILES string of the molecule is CCn1cnnc1C(CN)OC. The molecule has 0 spiro atoms. The van der Waals surface area contributed by atoms with Crippen LogP contribution in [0.15, 0.2) is 6.33 Å². The van der Waals surface area contributed by atoms with Crippen molar-refractivity contribution in [1.29, 1.82) is 0 Å². The summed E-state index contributed by atoms with van der Waals surface area (Å²) in [6, 6.07) is 0. The monoisotopic (exact) mass is 170 g/mol. The van der Waals surface area contributed by atoms with Gasteiger partial charge in [0.15, 0.2) is 5.82 Å². The van der Waals surface area contributed by atoms with Gasteiger partial charge in [0.25, 0.3) is 0 Å². The van der Waals surface area contributed by atoms with Crippen LogP contribution < -0.4 is 5.73 Å². The Balaban J connectivity index is 2.83. The number of hydrogen-bond acceptors (Lipinski definition) is 4. The van der Waals surface area contributed by atoms with Crippen molar-refractivity contribution in [3.63, 3.8) is 0 Å². The lowest BCUT2D eigenvalue weighted by molar-refractivity contribution is 0.0995. The van der Waals surface area contributed by atoms with E-state index in [0.717, 1.165) is 12.4 Å². The van der Waals surface area contributed by atoms with Crippen molar-refractivity contribution >= 4 is 0 Å². The van der Waals surface area contributed by atoms with Gasteiger partial charge in [-0.1, -0.05) is 0 Å². The Morgan fingerprint density at radius 3 is 3.00 bits per heavy atom. The Hall–Kier alpha value is -0.940. The van der Waals surface area contributed by atoms with E-state index in [4.69, 9.17) is 10.5 Å². The summed E-state index contributed by atoms with van der Waals surface area (Å²) in [4.78, 5) is 0. The van der Waals surface area contributed by atoms with Gasteiger partial charge < -0.3 is 15.0 Å². The van der Waals surface area contributed by atoms with Crippen LogP contribution in [-0.4, -0.2) is 28.4 Å². The van der Waals surface area contributed by atoms with Gasteiger partial charge in [-0.2, -0.15) is 0 Å². The van der Waals surface area contributed by atoms with Gasteiger partial charge in [-0.15, -0.1) is 10.2 Å². The first-order chi connectivity index (χ1) is 5.83. The molecule has 2 N–H and O–H groups in total. The zero-order valence-electron chi connectivity index (χ0n) is 7.40. The molecule has 1 unspecified atom stereocenters. The van der Waals surface area contributed by atoms with Gasteiger partial charge in [0, 0.05) is 20.2 Å². The zero-order chi connectivity index (χ0) is 8.97. The van der Waals surface area contributed by atoms with E-state index in [1.807, 2.05) is 11.5 Å². The molecule has 0 saturated carbocycles. The maximum Gasteiger partial charge on any atom is 0.163 e. The van der Waals surface area contributed by atoms with E-state index in [-0.39, 0.29) is 6.10 Å². The lowest BCUT2D eigenvalue weighted by Gasteiger charge is -2.12. The normalized spacial score (nSPS) is 13.2. The molecule has 0 aromatic carbocycles. The van der Waals surface area contributed by atoms with Crippen molar-refractivity contribution in [2.45, 2.75) is 19.6 Å². The molecule has 1 heterocycles. The highest BCUT2D eigenvalue weighted by atomic mass is 16.5. The molecule has 1 atom stereocenters. The smallest absolute Gasteiger partial charge is 0.163 e.